The molecule has 0 aromatic carbocycles. The lowest BCUT2D eigenvalue weighted by Crippen LogP contribution is -2.62. The van der Waals surface area contributed by atoms with Gasteiger partial charge in [-0.1, -0.05) is 20.8 Å². The van der Waals surface area contributed by atoms with Gasteiger partial charge in [-0.15, -0.1) is 0 Å². The molecule has 0 aliphatic carbocycles. The van der Waals surface area contributed by atoms with E-state index in [4.69, 9.17) is 5.73 Å². The molecule has 3 unspecified atom stereocenters. The Morgan fingerprint density at radius 3 is 2.44 bits per heavy atom. The molecule has 1 heterocycles. The average molecular weight is 246 g/mol. The first-order chi connectivity index (χ1) is 7.29. The molecule has 1 saturated heterocycles. The molecule has 3 N–H and O–H groups in total. The summed E-state index contributed by atoms with van der Waals surface area (Å²) >= 11 is 1.68. The molecule has 5 heteroatoms. The van der Waals surface area contributed by atoms with Crippen LogP contribution in [-0.4, -0.2) is 46.2 Å². The minimum absolute atomic E-state index is 0.0104. The van der Waals surface area contributed by atoms with Gasteiger partial charge >= 0.3 is 6.09 Å². The first kappa shape index (κ1) is 13.6. The van der Waals surface area contributed by atoms with Crippen molar-refractivity contribution in [2.45, 2.75) is 44.5 Å². The molecule has 0 saturated carbocycles. The largest absolute Gasteiger partial charge is 0.465 e. The van der Waals surface area contributed by atoms with Crippen LogP contribution in [0.1, 0.15) is 27.2 Å². The van der Waals surface area contributed by atoms with Crippen molar-refractivity contribution in [1.29, 1.82) is 0 Å². The van der Waals surface area contributed by atoms with Crippen LogP contribution in [0.4, 0.5) is 4.79 Å². The van der Waals surface area contributed by atoms with Crippen LogP contribution in [0.25, 0.3) is 0 Å². The second-order valence-corrected chi connectivity index (χ2v) is 6.46. The van der Waals surface area contributed by atoms with Crippen LogP contribution in [0.2, 0.25) is 0 Å². The number of hydrogen-bond donors (Lipinski definition) is 2. The molecule has 1 rings (SSSR count). The summed E-state index contributed by atoms with van der Waals surface area (Å²) in [6, 6.07) is 0.0820. The van der Waals surface area contributed by atoms with Crippen molar-refractivity contribution in [3.8, 4) is 0 Å². The maximum Gasteiger partial charge on any atom is 0.407 e. The van der Waals surface area contributed by atoms with Gasteiger partial charge in [0.25, 0.3) is 0 Å². The highest BCUT2D eigenvalue weighted by atomic mass is 32.2. The Labute approximate surface area is 102 Å². The number of nitrogens with two attached hydrogens (primary N) is 1. The second-order valence-electron chi connectivity index (χ2n) is 5.44. The van der Waals surface area contributed by atoms with Crippen LogP contribution in [0.3, 0.4) is 0 Å². The van der Waals surface area contributed by atoms with Gasteiger partial charge in [0.15, 0.2) is 0 Å². The molecule has 1 fully saturated rings. The van der Waals surface area contributed by atoms with E-state index in [1.54, 1.807) is 16.7 Å². The standard InChI is InChI=1S/C11H22N2O2S/c1-11(2,3)9-8(16-4)7(12)5-6-13(9)10(14)15/h7-9H,5-6,12H2,1-4H3,(H,14,15). The Morgan fingerprint density at radius 1 is 1.50 bits per heavy atom. The second kappa shape index (κ2) is 4.84. The topological polar surface area (TPSA) is 66.6 Å². The predicted molar refractivity (Wildman–Crippen MR) is 67.9 cm³/mol. The number of rotatable bonds is 1. The quantitative estimate of drug-likeness (QED) is 0.741. The number of carbonyl (C=O) groups is 1. The third-order valence-corrected chi connectivity index (χ3v) is 4.33. The third-order valence-electron chi connectivity index (χ3n) is 3.18. The van der Waals surface area contributed by atoms with Crippen LogP contribution in [-0.2, 0) is 0 Å². The van der Waals surface area contributed by atoms with Crippen molar-refractivity contribution < 1.29 is 9.90 Å². The van der Waals surface area contributed by atoms with Crippen molar-refractivity contribution in [2.75, 3.05) is 12.8 Å². The van der Waals surface area contributed by atoms with Crippen molar-refractivity contribution in [1.82, 2.24) is 4.90 Å². The summed E-state index contributed by atoms with van der Waals surface area (Å²) in [5, 5.41) is 9.43. The minimum atomic E-state index is -0.828. The van der Waals surface area contributed by atoms with E-state index < -0.39 is 6.09 Å². The van der Waals surface area contributed by atoms with Crippen LogP contribution < -0.4 is 5.73 Å². The van der Waals surface area contributed by atoms with E-state index in [9.17, 15) is 9.90 Å². The molecule has 0 radical (unpaired) electrons. The van der Waals surface area contributed by atoms with Gasteiger partial charge in [-0.3, -0.25) is 0 Å². The maximum atomic E-state index is 11.3. The lowest BCUT2D eigenvalue weighted by atomic mass is 9.79. The summed E-state index contributed by atoms with van der Waals surface area (Å²) < 4.78 is 0. The molecule has 3 atom stereocenters. The Balaban J connectivity index is 3.01. The molecule has 0 spiro atoms. The highest BCUT2D eigenvalue weighted by molar-refractivity contribution is 7.99. The number of amides is 1. The van der Waals surface area contributed by atoms with Crippen molar-refractivity contribution >= 4 is 17.9 Å². The number of hydrogen-bond acceptors (Lipinski definition) is 3. The summed E-state index contributed by atoms with van der Waals surface area (Å²) in [4.78, 5) is 12.8. The van der Waals surface area contributed by atoms with Gasteiger partial charge in [-0.2, -0.15) is 11.8 Å². The smallest absolute Gasteiger partial charge is 0.407 e. The lowest BCUT2D eigenvalue weighted by Gasteiger charge is -2.48. The van der Waals surface area contributed by atoms with Crippen molar-refractivity contribution in [2.24, 2.45) is 11.1 Å². The molecule has 0 bridgehead atoms. The molecule has 0 aromatic heterocycles. The van der Waals surface area contributed by atoms with E-state index in [1.165, 1.54) is 0 Å². The fourth-order valence-corrected chi connectivity index (χ4v) is 3.78. The van der Waals surface area contributed by atoms with Gasteiger partial charge < -0.3 is 15.7 Å². The summed E-state index contributed by atoms with van der Waals surface area (Å²) in [6.07, 6.45) is 1.94. The van der Waals surface area contributed by atoms with Gasteiger partial charge in [0, 0.05) is 17.8 Å². The van der Waals surface area contributed by atoms with E-state index >= 15 is 0 Å². The fourth-order valence-electron chi connectivity index (χ4n) is 2.48. The number of nitrogens with zero attached hydrogens (tertiary/aromatic N) is 1. The number of likely N-dealkylation sites (tertiary alicyclic amines) is 1. The Kier molecular flexibility index (Phi) is 4.12. The van der Waals surface area contributed by atoms with Crippen molar-refractivity contribution in [3.05, 3.63) is 0 Å². The molecule has 0 aromatic rings. The maximum absolute atomic E-state index is 11.3. The van der Waals surface area contributed by atoms with Crippen LogP contribution in [0.5, 0.6) is 0 Å². The number of carboxylic acid groups (broad SMARTS) is 1. The average Bonchev–Trinajstić information content (AvgIpc) is 2.15. The predicted octanol–water partition coefficient (Wildman–Crippen LogP) is 1.84. The molecule has 16 heavy (non-hydrogen) atoms. The minimum Gasteiger partial charge on any atom is -0.465 e. The molecule has 1 amide bonds. The van der Waals surface area contributed by atoms with E-state index in [-0.39, 0.29) is 22.7 Å². The zero-order valence-electron chi connectivity index (χ0n) is 10.4. The van der Waals surface area contributed by atoms with E-state index in [0.29, 0.717) is 6.54 Å². The first-order valence-electron chi connectivity index (χ1n) is 5.57. The molecule has 94 valence electrons. The fraction of sp³-hybridized carbons (Fsp3) is 0.909. The number of thioether (sulfide) groups is 1. The first-order valence-corrected chi connectivity index (χ1v) is 6.85. The summed E-state index contributed by atoms with van der Waals surface area (Å²) in [5.74, 6) is 0. The number of piperidine rings is 1. The monoisotopic (exact) mass is 246 g/mol. The van der Waals surface area contributed by atoms with E-state index in [2.05, 4.69) is 20.8 Å². The summed E-state index contributed by atoms with van der Waals surface area (Å²) in [7, 11) is 0. The highest BCUT2D eigenvalue weighted by Gasteiger charge is 2.44. The van der Waals surface area contributed by atoms with Crippen LogP contribution >= 0.6 is 11.8 Å². The van der Waals surface area contributed by atoms with Crippen molar-refractivity contribution in [3.63, 3.8) is 0 Å². The zero-order chi connectivity index (χ0) is 12.5. The SMILES string of the molecule is CSC1C(N)CCN(C(=O)O)C1C(C)(C)C. The molecular weight excluding hydrogens is 224 g/mol. The van der Waals surface area contributed by atoms with Gasteiger partial charge in [-0.25, -0.2) is 4.79 Å². The van der Waals surface area contributed by atoms with Gasteiger partial charge in [0.05, 0.1) is 6.04 Å². The van der Waals surface area contributed by atoms with E-state index in [1.807, 2.05) is 6.26 Å². The van der Waals surface area contributed by atoms with Gasteiger partial charge in [-0.05, 0) is 18.1 Å². The highest BCUT2D eigenvalue weighted by Crippen LogP contribution is 2.36. The Morgan fingerprint density at radius 2 is 2.06 bits per heavy atom. The molecule has 1 aliphatic rings. The lowest BCUT2D eigenvalue weighted by molar-refractivity contribution is 0.0577. The Hall–Kier alpha value is -0.420. The third kappa shape index (κ3) is 2.63. The Bertz CT molecular complexity index is 265. The molecule has 4 nitrogen and oxygen atoms in total. The summed E-state index contributed by atoms with van der Waals surface area (Å²) in [5.41, 5.74) is 6.02. The van der Waals surface area contributed by atoms with Crippen LogP contribution in [0.15, 0.2) is 0 Å². The normalized spacial score (nSPS) is 31.6. The van der Waals surface area contributed by atoms with Gasteiger partial charge in [0.1, 0.15) is 0 Å². The molecule has 1 aliphatic heterocycles. The van der Waals surface area contributed by atoms with E-state index in [0.717, 1.165) is 6.42 Å². The van der Waals surface area contributed by atoms with Crippen LogP contribution in [0, 0.1) is 5.41 Å². The summed E-state index contributed by atoms with van der Waals surface area (Å²) in [6.45, 7) is 6.79. The molecular formula is C11H22N2O2S. The van der Waals surface area contributed by atoms with Gasteiger partial charge in [0.2, 0.25) is 0 Å². The zero-order valence-corrected chi connectivity index (χ0v) is 11.3.